The van der Waals surface area contributed by atoms with Crippen molar-refractivity contribution >= 4 is 23.2 Å². The zero-order valence-electron chi connectivity index (χ0n) is 7.18. The molecule has 72 valence electrons. The minimum absolute atomic E-state index is 0.0449. The summed E-state index contributed by atoms with van der Waals surface area (Å²) in [7, 11) is 1.53. The van der Waals surface area contributed by atoms with Gasteiger partial charge in [-0.05, 0) is 18.1 Å². The van der Waals surface area contributed by atoms with Crippen molar-refractivity contribution in [3.8, 4) is 5.75 Å². The van der Waals surface area contributed by atoms with Gasteiger partial charge in [-0.25, -0.2) is 0 Å². The topological polar surface area (TPSA) is 29.5 Å². The summed E-state index contributed by atoms with van der Waals surface area (Å²) in [5.41, 5.74) is 0.800. The minimum atomic E-state index is 0.0449. The van der Waals surface area contributed by atoms with Crippen LogP contribution in [0.5, 0.6) is 5.75 Å². The molecule has 0 aliphatic rings. The molecule has 0 bridgehead atoms. The average molecular weight is 221 g/mol. The number of benzene rings is 1. The van der Waals surface area contributed by atoms with Gasteiger partial charge < -0.3 is 9.84 Å². The predicted molar refractivity (Wildman–Crippen MR) is 53.8 cm³/mol. The third kappa shape index (κ3) is 2.50. The first-order valence-electron chi connectivity index (χ1n) is 3.81. The average Bonchev–Trinajstić information content (AvgIpc) is 2.11. The molecule has 0 fully saturated rings. The van der Waals surface area contributed by atoms with Crippen LogP contribution in [0.4, 0.5) is 0 Å². The van der Waals surface area contributed by atoms with E-state index >= 15 is 0 Å². The quantitative estimate of drug-likeness (QED) is 0.849. The summed E-state index contributed by atoms with van der Waals surface area (Å²) in [6.45, 7) is 0.0449. The van der Waals surface area contributed by atoms with Gasteiger partial charge in [0, 0.05) is 17.7 Å². The van der Waals surface area contributed by atoms with Crippen LogP contribution in [0, 0.1) is 0 Å². The van der Waals surface area contributed by atoms with Gasteiger partial charge in [0.15, 0.2) is 0 Å². The monoisotopic (exact) mass is 220 g/mol. The van der Waals surface area contributed by atoms with E-state index in [0.29, 0.717) is 22.2 Å². The first kappa shape index (κ1) is 10.6. The Hall–Kier alpha value is -0.440. The lowest BCUT2D eigenvalue weighted by molar-refractivity contribution is 0.299. The number of hydrogen-bond acceptors (Lipinski definition) is 2. The van der Waals surface area contributed by atoms with E-state index in [1.807, 2.05) is 0 Å². The third-order valence-corrected chi connectivity index (χ3v) is 2.33. The van der Waals surface area contributed by atoms with Crippen molar-refractivity contribution < 1.29 is 9.84 Å². The lowest BCUT2D eigenvalue weighted by atomic mass is 10.1. The van der Waals surface area contributed by atoms with Crippen LogP contribution in [-0.2, 0) is 6.42 Å². The number of aliphatic hydroxyl groups is 1. The van der Waals surface area contributed by atoms with Crippen LogP contribution in [0.1, 0.15) is 5.56 Å². The summed E-state index contributed by atoms with van der Waals surface area (Å²) in [4.78, 5) is 0. The fourth-order valence-electron chi connectivity index (χ4n) is 1.07. The van der Waals surface area contributed by atoms with Gasteiger partial charge in [-0.2, -0.15) is 0 Å². The number of aliphatic hydroxyl groups excluding tert-OH is 1. The molecular formula is C9H10Cl2O2. The van der Waals surface area contributed by atoms with Crippen LogP contribution in [0.25, 0.3) is 0 Å². The Balaban J connectivity index is 3.11. The van der Waals surface area contributed by atoms with E-state index in [2.05, 4.69) is 0 Å². The van der Waals surface area contributed by atoms with Crippen LogP contribution in [0.15, 0.2) is 12.1 Å². The number of halogens is 2. The molecule has 0 spiro atoms. The molecule has 4 heteroatoms. The van der Waals surface area contributed by atoms with Crippen LogP contribution < -0.4 is 4.74 Å². The Kier molecular flexibility index (Phi) is 3.85. The van der Waals surface area contributed by atoms with Crippen LogP contribution in [-0.4, -0.2) is 18.8 Å². The van der Waals surface area contributed by atoms with Gasteiger partial charge >= 0.3 is 0 Å². The number of rotatable bonds is 3. The SMILES string of the molecule is COc1cc(Cl)cc(CCO)c1Cl. The standard InChI is InChI=1S/C9H10Cl2O2/c1-13-8-5-7(10)4-6(2-3-12)9(8)11/h4-5,12H,2-3H2,1H3. The van der Waals surface area contributed by atoms with Crippen LogP contribution in [0.3, 0.4) is 0 Å². The molecule has 0 heterocycles. The van der Waals surface area contributed by atoms with E-state index in [-0.39, 0.29) is 6.61 Å². The first-order valence-corrected chi connectivity index (χ1v) is 4.57. The van der Waals surface area contributed by atoms with Crippen LogP contribution >= 0.6 is 23.2 Å². The normalized spacial score (nSPS) is 10.2. The van der Waals surface area contributed by atoms with Gasteiger partial charge in [0.2, 0.25) is 0 Å². The third-order valence-electron chi connectivity index (χ3n) is 1.68. The van der Waals surface area contributed by atoms with Gasteiger partial charge in [-0.3, -0.25) is 0 Å². The van der Waals surface area contributed by atoms with Crippen molar-refractivity contribution in [1.82, 2.24) is 0 Å². The predicted octanol–water partition coefficient (Wildman–Crippen LogP) is 2.54. The van der Waals surface area contributed by atoms with Gasteiger partial charge in [0.1, 0.15) is 5.75 Å². The molecule has 1 rings (SSSR count). The maximum atomic E-state index is 8.76. The summed E-state index contributed by atoms with van der Waals surface area (Å²) in [6.07, 6.45) is 0.482. The Morgan fingerprint density at radius 3 is 2.62 bits per heavy atom. The smallest absolute Gasteiger partial charge is 0.139 e. The summed E-state index contributed by atoms with van der Waals surface area (Å²) in [5.74, 6) is 0.539. The van der Waals surface area contributed by atoms with Gasteiger partial charge in [-0.1, -0.05) is 23.2 Å². The second-order valence-corrected chi connectivity index (χ2v) is 3.37. The van der Waals surface area contributed by atoms with E-state index in [4.69, 9.17) is 33.0 Å². The second kappa shape index (κ2) is 4.70. The van der Waals surface area contributed by atoms with Crippen molar-refractivity contribution in [3.63, 3.8) is 0 Å². The van der Waals surface area contributed by atoms with Crippen molar-refractivity contribution in [2.24, 2.45) is 0 Å². The fourth-order valence-corrected chi connectivity index (χ4v) is 1.58. The molecule has 1 aromatic rings. The molecular weight excluding hydrogens is 211 g/mol. The Labute approximate surface area is 87.0 Å². The van der Waals surface area contributed by atoms with Gasteiger partial charge in [0.25, 0.3) is 0 Å². The lowest BCUT2D eigenvalue weighted by Gasteiger charge is -2.08. The Morgan fingerprint density at radius 2 is 2.08 bits per heavy atom. The van der Waals surface area contributed by atoms with E-state index in [1.54, 1.807) is 12.1 Å². The highest BCUT2D eigenvalue weighted by Gasteiger charge is 2.07. The summed E-state index contributed by atoms with van der Waals surface area (Å²) in [5, 5.41) is 9.83. The zero-order valence-corrected chi connectivity index (χ0v) is 8.69. The van der Waals surface area contributed by atoms with E-state index in [0.717, 1.165) is 5.56 Å². The maximum absolute atomic E-state index is 8.76. The maximum Gasteiger partial charge on any atom is 0.139 e. The highest BCUT2D eigenvalue weighted by molar-refractivity contribution is 6.34. The van der Waals surface area contributed by atoms with Crippen molar-refractivity contribution in [3.05, 3.63) is 27.7 Å². The molecule has 0 aliphatic heterocycles. The van der Waals surface area contributed by atoms with Crippen molar-refractivity contribution in [2.75, 3.05) is 13.7 Å². The molecule has 0 unspecified atom stereocenters. The van der Waals surface area contributed by atoms with E-state index in [1.165, 1.54) is 7.11 Å². The van der Waals surface area contributed by atoms with Gasteiger partial charge in [-0.15, -0.1) is 0 Å². The van der Waals surface area contributed by atoms with Crippen molar-refractivity contribution in [1.29, 1.82) is 0 Å². The largest absolute Gasteiger partial charge is 0.495 e. The molecule has 1 aromatic carbocycles. The highest BCUT2D eigenvalue weighted by Crippen LogP contribution is 2.31. The van der Waals surface area contributed by atoms with E-state index < -0.39 is 0 Å². The molecule has 0 aromatic heterocycles. The lowest BCUT2D eigenvalue weighted by Crippen LogP contribution is -1.94. The molecule has 0 aliphatic carbocycles. The van der Waals surface area contributed by atoms with E-state index in [9.17, 15) is 0 Å². The second-order valence-electron chi connectivity index (χ2n) is 2.55. The molecule has 2 nitrogen and oxygen atoms in total. The number of ether oxygens (including phenoxy) is 1. The highest BCUT2D eigenvalue weighted by atomic mass is 35.5. The molecule has 0 atom stereocenters. The Morgan fingerprint density at radius 1 is 1.38 bits per heavy atom. The minimum Gasteiger partial charge on any atom is -0.495 e. The zero-order chi connectivity index (χ0) is 9.84. The Bertz CT molecular complexity index is 300. The molecule has 13 heavy (non-hydrogen) atoms. The summed E-state index contributed by atoms with van der Waals surface area (Å²) >= 11 is 11.8. The molecule has 1 N–H and O–H groups in total. The fraction of sp³-hybridized carbons (Fsp3) is 0.333. The first-order chi connectivity index (χ1) is 6.19. The summed E-state index contributed by atoms with van der Waals surface area (Å²) < 4.78 is 5.01. The van der Waals surface area contributed by atoms with Crippen molar-refractivity contribution in [2.45, 2.75) is 6.42 Å². The molecule has 0 amide bonds. The number of hydrogen-bond donors (Lipinski definition) is 1. The molecule has 0 saturated heterocycles. The number of methoxy groups -OCH3 is 1. The molecule has 0 saturated carbocycles. The van der Waals surface area contributed by atoms with Gasteiger partial charge in [0.05, 0.1) is 12.1 Å². The van der Waals surface area contributed by atoms with Crippen LogP contribution in [0.2, 0.25) is 10.0 Å². The summed E-state index contributed by atoms with van der Waals surface area (Å²) in [6, 6.07) is 3.37. The molecule has 0 radical (unpaired) electrons.